The van der Waals surface area contributed by atoms with E-state index < -0.39 is 23.8 Å². The number of carbonyl (C=O) groups excluding carboxylic acids is 1. The molecule has 0 saturated carbocycles. The second-order valence-electron chi connectivity index (χ2n) is 5.60. The predicted molar refractivity (Wildman–Crippen MR) is 80.5 cm³/mol. The number of benzene rings is 2. The van der Waals surface area contributed by atoms with Crippen molar-refractivity contribution in [2.45, 2.75) is 12.1 Å². The third kappa shape index (κ3) is 2.20. The number of halogens is 2. The lowest BCUT2D eigenvalue weighted by molar-refractivity contribution is 0.153. The van der Waals surface area contributed by atoms with Gasteiger partial charge in [0.15, 0.2) is 0 Å². The van der Waals surface area contributed by atoms with Gasteiger partial charge in [-0.3, -0.25) is 4.90 Å². The highest BCUT2D eigenvalue weighted by molar-refractivity contribution is 5.83. The Morgan fingerprint density at radius 3 is 2.65 bits per heavy atom. The van der Waals surface area contributed by atoms with E-state index in [1.165, 1.54) is 0 Å². The lowest BCUT2D eigenvalue weighted by Gasteiger charge is -2.22. The highest BCUT2D eigenvalue weighted by Gasteiger charge is 2.45. The van der Waals surface area contributed by atoms with Crippen molar-refractivity contribution in [1.29, 1.82) is 0 Å². The number of amides is 1. The maximum atomic E-state index is 14.2. The third-order valence-corrected chi connectivity index (χ3v) is 4.29. The van der Waals surface area contributed by atoms with E-state index in [2.05, 4.69) is 0 Å². The molecule has 1 amide bonds. The van der Waals surface area contributed by atoms with Gasteiger partial charge in [-0.25, -0.2) is 13.6 Å². The number of fused-ring (bicyclic) bond motifs is 1. The van der Waals surface area contributed by atoms with Crippen LogP contribution in [0.25, 0.3) is 5.57 Å². The summed E-state index contributed by atoms with van der Waals surface area (Å²) in [6.07, 6.45) is 1.38. The number of ether oxygens (including phenoxy) is 1. The summed E-state index contributed by atoms with van der Waals surface area (Å²) in [5, 5.41) is 0. The molecule has 3 nitrogen and oxygen atoms in total. The van der Waals surface area contributed by atoms with E-state index in [1.54, 1.807) is 4.90 Å². The largest absolute Gasteiger partial charge is 0.447 e. The van der Waals surface area contributed by atoms with Gasteiger partial charge in [-0.2, -0.15) is 0 Å². The van der Waals surface area contributed by atoms with Crippen LogP contribution in [-0.4, -0.2) is 23.6 Å². The molecule has 2 aromatic rings. The molecule has 2 aliphatic heterocycles. The van der Waals surface area contributed by atoms with Gasteiger partial charge < -0.3 is 4.74 Å². The molecule has 0 aromatic heterocycles. The first-order chi connectivity index (χ1) is 11.1. The van der Waals surface area contributed by atoms with E-state index in [1.807, 2.05) is 36.4 Å². The minimum Gasteiger partial charge on any atom is -0.447 e. The summed E-state index contributed by atoms with van der Waals surface area (Å²) in [7, 11) is 0. The lowest BCUT2D eigenvalue weighted by atomic mass is 9.99. The van der Waals surface area contributed by atoms with Crippen molar-refractivity contribution in [2.24, 2.45) is 0 Å². The molecule has 116 valence electrons. The molecule has 4 rings (SSSR count). The summed E-state index contributed by atoms with van der Waals surface area (Å²) in [6, 6.07) is 12.0. The van der Waals surface area contributed by atoms with Gasteiger partial charge in [-0.1, -0.05) is 36.4 Å². The van der Waals surface area contributed by atoms with Crippen LogP contribution >= 0.6 is 0 Å². The molecule has 0 N–H and O–H groups in total. The fourth-order valence-electron chi connectivity index (χ4n) is 3.24. The molecule has 1 fully saturated rings. The van der Waals surface area contributed by atoms with E-state index in [-0.39, 0.29) is 18.2 Å². The van der Waals surface area contributed by atoms with Gasteiger partial charge in [-0.05, 0) is 29.3 Å². The molecule has 2 heterocycles. The molecule has 0 spiro atoms. The molecule has 2 atom stereocenters. The van der Waals surface area contributed by atoms with Gasteiger partial charge >= 0.3 is 6.09 Å². The van der Waals surface area contributed by atoms with E-state index in [9.17, 15) is 13.6 Å². The Morgan fingerprint density at radius 2 is 1.87 bits per heavy atom. The summed E-state index contributed by atoms with van der Waals surface area (Å²) in [5.74, 6) is -1.02. The first-order valence-corrected chi connectivity index (χ1v) is 7.32. The molecule has 23 heavy (non-hydrogen) atoms. The quantitative estimate of drug-likeness (QED) is 0.841. The maximum Gasteiger partial charge on any atom is 0.411 e. The predicted octanol–water partition coefficient (Wildman–Crippen LogP) is 3.92. The molecule has 2 aliphatic rings. The van der Waals surface area contributed by atoms with Crippen LogP contribution < -0.4 is 0 Å². The topological polar surface area (TPSA) is 29.5 Å². The Balaban J connectivity index is 1.83. The zero-order chi connectivity index (χ0) is 16.0. The number of cyclic esters (lactones) is 1. The van der Waals surface area contributed by atoms with Gasteiger partial charge in [0.25, 0.3) is 0 Å². The van der Waals surface area contributed by atoms with Crippen LogP contribution in [0.2, 0.25) is 0 Å². The second-order valence-corrected chi connectivity index (χ2v) is 5.60. The van der Waals surface area contributed by atoms with Crippen LogP contribution in [0.3, 0.4) is 0 Å². The smallest absolute Gasteiger partial charge is 0.411 e. The molecular formula is C18H13F2NO2. The minimum atomic E-state index is -0.512. The van der Waals surface area contributed by atoms with Crippen LogP contribution in [-0.2, 0) is 4.74 Å². The molecule has 0 radical (unpaired) electrons. The SMILES string of the molecule is O=C1OC[C@H]2C(c3cc(F)ccc3F)=C[C@@H](c3ccccc3)N12. The molecule has 0 aliphatic carbocycles. The molecular weight excluding hydrogens is 300 g/mol. The molecule has 0 unspecified atom stereocenters. The molecule has 2 aromatic carbocycles. The van der Waals surface area contributed by atoms with E-state index in [4.69, 9.17) is 4.74 Å². The maximum absolute atomic E-state index is 14.2. The Kier molecular flexibility index (Phi) is 3.15. The molecule has 5 heteroatoms. The monoisotopic (exact) mass is 313 g/mol. The van der Waals surface area contributed by atoms with Crippen LogP contribution in [0.4, 0.5) is 13.6 Å². The van der Waals surface area contributed by atoms with E-state index in [0.29, 0.717) is 5.57 Å². The molecule has 0 bridgehead atoms. The number of hydrogen-bond donors (Lipinski definition) is 0. The average Bonchev–Trinajstić information content (AvgIpc) is 3.12. The normalized spacial score (nSPS) is 22.8. The van der Waals surface area contributed by atoms with Crippen molar-refractivity contribution >= 4 is 11.7 Å². The van der Waals surface area contributed by atoms with Crippen molar-refractivity contribution in [2.75, 3.05) is 6.61 Å². The van der Waals surface area contributed by atoms with E-state index >= 15 is 0 Å². The van der Waals surface area contributed by atoms with Gasteiger partial charge in [0.2, 0.25) is 0 Å². The fraction of sp³-hybridized carbons (Fsp3) is 0.167. The standard InChI is InChI=1S/C18H13F2NO2/c19-12-6-7-15(20)13(8-12)14-9-16(11-4-2-1-3-5-11)21-17(14)10-23-18(21)22/h1-9,16-17H,10H2/t16-,17-/m0/s1. The summed E-state index contributed by atoms with van der Waals surface area (Å²) in [4.78, 5) is 13.6. The van der Waals surface area contributed by atoms with Gasteiger partial charge in [0.05, 0.1) is 12.1 Å². The van der Waals surface area contributed by atoms with Gasteiger partial charge in [0, 0.05) is 5.56 Å². The van der Waals surface area contributed by atoms with Crippen LogP contribution in [0, 0.1) is 11.6 Å². The van der Waals surface area contributed by atoms with Crippen LogP contribution in [0.15, 0.2) is 54.6 Å². The number of hydrogen-bond acceptors (Lipinski definition) is 2. The second kappa shape index (κ2) is 5.19. The van der Waals surface area contributed by atoms with Crippen molar-refractivity contribution < 1.29 is 18.3 Å². The summed E-state index contributed by atoms with van der Waals surface area (Å²) < 4.78 is 32.8. The Morgan fingerprint density at radius 1 is 1.09 bits per heavy atom. The number of carbonyl (C=O) groups is 1. The Bertz CT molecular complexity index is 804. The van der Waals surface area contributed by atoms with Crippen LogP contribution in [0.1, 0.15) is 17.2 Å². The summed E-state index contributed by atoms with van der Waals surface area (Å²) in [6.45, 7) is 0.143. The first-order valence-electron chi connectivity index (χ1n) is 7.32. The lowest BCUT2D eigenvalue weighted by Crippen LogP contribution is -2.31. The van der Waals surface area contributed by atoms with Crippen molar-refractivity contribution in [3.8, 4) is 0 Å². The molecule has 1 saturated heterocycles. The van der Waals surface area contributed by atoms with E-state index in [0.717, 1.165) is 23.8 Å². The summed E-state index contributed by atoms with van der Waals surface area (Å²) in [5.41, 5.74) is 1.67. The van der Waals surface area contributed by atoms with Gasteiger partial charge in [-0.15, -0.1) is 0 Å². The van der Waals surface area contributed by atoms with Crippen molar-refractivity contribution in [3.63, 3.8) is 0 Å². The number of nitrogens with zero attached hydrogens (tertiary/aromatic N) is 1. The first kappa shape index (κ1) is 13.9. The van der Waals surface area contributed by atoms with Crippen molar-refractivity contribution in [1.82, 2.24) is 4.90 Å². The number of rotatable bonds is 2. The zero-order valence-corrected chi connectivity index (χ0v) is 12.1. The highest BCUT2D eigenvalue weighted by atomic mass is 19.1. The van der Waals surface area contributed by atoms with Gasteiger partial charge in [0.1, 0.15) is 18.2 Å². The minimum absolute atomic E-state index is 0.143. The zero-order valence-electron chi connectivity index (χ0n) is 12.1. The van der Waals surface area contributed by atoms with Crippen molar-refractivity contribution in [3.05, 3.63) is 77.4 Å². The fourth-order valence-corrected chi connectivity index (χ4v) is 3.24. The highest BCUT2D eigenvalue weighted by Crippen LogP contribution is 2.43. The average molecular weight is 313 g/mol. The Hall–Kier alpha value is -2.69. The third-order valence-electron chi connectivity index (χ3n) is 4.29. The Labute approximate surface area is 131 Å². The summed E-state index contributed by atoms with van der Waals surface area (Å²) >= 11 is 0. The van der Waals surface area contributed by atoms with Crippen LogP contribution in [0.5, 0.6) is 0 Å².